The van der Waals surface area contributed by atoms with E-state index in [1.807, 2.05) is 30.3 Å². The Morgan fingerprint density at radius 3 is 2.48 bits per heavy atom. The van der Waals surface area contributed by atoms with Gasteiger partial charge in [0, 0.05) is 15.1 Å². The molecule has 3 aromatic carbocycles. The molecule has 4 nitrogen and oxygen atoms in total. The van der Waals surface area contributed by atoms with Gasteiger partial charge in [0.15, 0.2) is 0 Å². The molecule has 1 aliphatic rings. The summed E-state index contributed by atoms with van der Waals surface area (Å²) in [7, 11) is 0. The third kappa shape index (κ3) is 4.99. The summed E-state index contributed by atoms with van der Waals surface area (Å²) in [5.41, 5.74) is 1.99. The van der Waals surface area contributed by atoms with E-state index in [1.165, 1.54) is 0 Å². The van der Waals surface area contributed by atoms with E-state index in [0.29, 0.717) is 38.6 Å². The molecule has 1 fully saturated rings. The number of hydrogen-bond acceptors (Lipinski definition) is 4. The van der Waals surface area contributed by atoms with Crippen LogP contribution in [0.5, 0.6) is 5.75 Å². The molecule has 0 N–H and O–H groups in total. The lowest BCUT2D eigenvalue weighted by Crippen LogP contribution is -2.27. The lowest BCUT2D eigenvalue weighted by Gasteiger charge is -2.14. The quantitative estimate of drug-likeness (QED) is 0.316. The van der Waals surface area contributed by atoms with Crippen LogP contribution in [0.2, 0.25) is 10.0 Å². The highest BCUT2D eigenvalue weighted by molar-refractivity contribution is 9.10. The molecule has 0 atom stereocenters. The van der Waals surface area contributed by atoms with Crippen molar-refractivity contribution in [1.29, 1.82) is 0 Å². The van der Waals surface area contributed by atoms with Gasteiger partial charge in [0.1, 0.15) is 12.4 Å². The Morgan fingerprint density at radius 1 is 1.00 bits per heavy atom. The van der Waals surface area contributed by atoms with Gasteiger partial charge in [-0.3, -0.25) is 9.59 Å². The third-order valence-electron chi connectivity index (χ3n) is 4.45. The van der Waals surface area contributed by atoms with E-state index in [-0.39, 0.29) is 0 Å². The average molecular weight is 535 g/mol. The first-order valence-corrected chi connectivity index (χ1v) is 11.5. The molecule has 0 spiro atoms. The molecule has 0 unspecified atom stereocenters. The maximum absolute atomic E-state index is 13.0. The second-order valence-electron chi connectivity index (χ2n) is 6.57. The lowest BCUT2D eigenvalue weighted by molar-refractivity contribution is -0.113. The van der Waals surface area contributed by atoms with Crippen LogP contribution >= 0.6 is 50.9 Å². The number of carbonyl (C=O) groups excluding carboxylic acids is 2. The smallest absolute Gasteiger partial charge is 0.298 e. The standard InChI is InChI=1S/C23H14BrCl2NO3S/c24-16-7-10-20(30-13-14-5-8-17(25)9-6-14)15(11-16)12-21-22(28)27(23(29)31-21)19-4-2-1-3-18(19)26/h1-12H,13H2/b21-12-. The van der Waals surface area contributed by atoms with Crippen molar-refractivity contribution in [1.82, 2.24) is 0 Å². The summed E-state index contributed by atoms with van der Waals surface area (Å²) < 4.78 is 6.79. The minimum Gasteiger partial charge on any atom is -0.488 e. The molecule has 4 rings (SSSR count). The number of rotatable bonds is 5. The van der Waals surface area contributed by atoms with Gasteiger partial charge >= 0.3 is 0 Å². The molecule has 8 heteroatoms. The molecule has 1 aliphatic heterocycles. The molecule has 0 bridgehead atoms. The highest BCUT2D eigenvalue weighted by Crippen LogP contribution is 2.39. The Hall–Kier alpha value is -2.25. The number of para-hydroxylation sites is 1. The number of nitrogens with zero attached hydrogens (tertiary/aromatic N) is 1. The molecule has 3 aromatic rings. The van der Waals surface area contributed by atoms with Crippen LogP contribution in [0.4, 0.5) is 10.5 Å². The first kappa shape index (κ1) is 22.0. The highest BCUT2D eigenvalue weighted by Gasteiger charge is 2.37. The first-order chi connectivity index (χ1) is 14.9. The molecule has 31 heavy (non-hydrogen) atoms. The number of imide groups is 1. The second-order valence-corrected chi connectivity index (χ2v) is 9.32. The molecule has 0 radical (unpaired) electrons. The van der Waals surface area contributed by atoms with Crippen molar-refractivity contribution in [3.63, 3.8) is 0 Å². The maximum atomic E-state index is 13.0. The van der Waals surface area contributed by atoms with Gasteiger partial charge in [0.2, 0.25) is 0 Å². The molecule has 0 aliphatic carbocycles. The Balaban J connectivity index is 1.61. The SMILES string of the molecule is O=C1S/C(=C\c2cc(Br)ccc2OCc2ccc(Cl)cc2)C(=O)N1c1ccccc1Cl. The normalized spacial score (nSPS) is 15.1. The van der Waals surface area contributed by atoms with Crippen molar-refractivity contribution in [2.75, 3.05) is 4.90 Å². The minimum absolute atomic E-state index is 0.291. The zero-order valence-electron chi connectivity index (χ0n) is 15.8. The third-order valence-corrected chi connectivity index (χ3v) is 6.39. The van der Waals surface area contributed by atoms with Crippen molar-refractivity contribution < 1.29 is 14.3 Å². The number of amides is 2. The van der Waals surface area contributed by atoms with Crippen LogP contribution in [0.1, 0.15) is 11.1 Å². The molecule has 0 saturated carbocycles. The molecular weight excluding hydrogens is 521 g/mol. The van der Waals surface area contributed by atoms with Crippen molar-refractivity contribution in [2.45, 2.75) is 6.61 Å². The van der Waals surface area contributed by atoms with Gasteiger partial charge in [-0.25, -0.2) is 4.90 Å². The van der Waals surface area contributed by atoms with Gasteiger partial charge in [0.25, 0.3) is 11.1 Å². The topological polar surface area (TPSA) is 46.6 Å². The first-order valence-electron chi connectivity index (χ1n) is 9.11. The van der Waals surface area contributed by atoms with Gasteiger partial charge in [-0.2, -0.15) is 0 Å². The summed E-state index contributed by atoms with van der Waals surface area (Å²) in [5.74, 6) is 0.161. The van der Waals surface area contributed by atoms with Crippen LogP contribution in [0.25, 0.3) is 6.08 Å². The molecule has 156 valence electrons. The number of benzene rings is 3. The summed E-state index contributed by atoms with van der Waals surface area (Å²) in [6.07, 6.45) is 1.66. The van der Waals surface area contributed by atoms with Crippen LogP contribution in [-0.2, 0) is 11.4 Å². The van der Waals surface area contributed by atoms with Crippen LogP contribution in [0.3, 0.4) is 0 Å². The van der Waals surface area contributed by atoms with Gasteiger partial charge in [-0.15, -0.1) is 0 Å². The van der Waals surface area contributed by atoms with E-state index in [4.69, 9.17) is 27.9 Å². The van der Waals surface area contributed by atoms with Crippen LogP contribution in [-0.4, -0.2) is 11.1 Å². The van der Waals surface area contributed by atoms with Crippen LogP contribution in [0.15, 0.2) is 76.1 Å². The predicted molar refractivity (Wildman–Crippen MR) is 130 cm³/mol. The maximum Gasteiger partial charge on any atom is 0.298 e. The van der Waals surface area contributed by atoms with E-state index < -0.39 is 11.1 Å². The Kier molecular flexibility index (Phi) is 6.72. The number of carbonyl (C=O) groups is 2. The molecule has 1 saturated heterocycles. The molecule has 1 heterocycles. The number of anilines is 1. The van der Waals surface area contributed by atoms with Crippen LogP contribution in [0, 0.1) is 0 Å². The van der Waals surface area contributed by atoms with Gasteiger partial charge in [-0.05, 0) is 65.9 Å². The van der Waals surface area contributed by atoms with E-state index in [2.05, 4.69) is 15.9 Å². The summed E-state index contributed by atoms with van der Waals surface area (Å²) in [5, 5.41) is 0.589. The Bertz CT molecular complexity index is 1200. The summed E-state index contributed by atoms with van der Waals surface area (Å²) in [6, 6.07) is 19.6. The van der Waals surface area contributed by atoms with Crippen molar-refractivity contribution in [3.8, 4) is 5.75 Å². The number of hydrogen-bond donors (Lipinski definition) is 0. The van der Waals surface area contributed by atoms with Crippen LogP contribution < -0.4 is 9.64 Å². The molecule has 0 aromatic heterocycles. The highest BCUT2D eigenvalue weighted by atomic mass is 79.9. The van der Waals surface area contributed by atoms with Crippen molar-refractivity contribution in [3.05, 3.63) is 97.3 Å². The Morgan fingerprint density at radius 2 is 1.74 bits per heavy atom. The number of ether oxygens (including phenoxy) is 1. The van der Waals surface area contributed by atoms with Crippen molar-refractivity contribution in [2.24, 2.45) is 0 Å². The van der Waals surface area contributed by atoms with Crippen molar-refractivity contribution >= 4 is 73.8 Å². The van der Waals surface area contributed by atoms with Gasteiger partial charge in [0.05, 0.1) is 15.6 Å². The Labute approximate surface area is 201 Å². The lowest BCUT2D eigenvalue weighted by atomic mass is 10.1. The second kappa shape index (κ2) is 9.49. The zero-order valence-corrected chi connectivity index (χ0v) is 19.8. The fourth-order valence-corrected chi connectivity index (χ4v) is 4.51. The zero-order chi connectivity index (χ0) is 22.0. The molecular formula is C23H14BrCl2NO3S. The minimum atomic E-state index is -0.424. The van der Waals surface area contributed by atoms with Gasteiger partial charge in [-0.1, -0.05) is 63.4 Å². The van der Waals surface area contributed by atoms with E-state index >= 15 is 0 Å². The fraction of sp³-hybridized carbons (Fsp3) is 0.0435. The predicted octanol–water partition coefficient (Wildman–Crippen LogP) is 7.58. The number of halogens is 3. The fourth-order valence-electron chi connectivity index (χ4n) is 2.95. The summed E-state index contributed by atoms with van der Waals surface area (Å²) in [6.45, 7) is 0.334. The number of thioether (sulfide) groups is 1. The largest absolute Gasteiger partial charge is 0.488 e. The van der Waals surface area contributed by atoms with E-state index in [1.54, 1.807) is 42.5 Å². The monoisotopic (exact) mass is 533 g/mol. The average Bonchev–Trinajstić information content (AvgIpc) is 3.02. The summed E-state index contributed by atoms with van der Waals surface area (Å²) >= 11 is 16.4. The van der Waals surface area contributed by atoms with E-state index in [9.17, 15) is 9.59 Å². The van der Waals surface area contributed by atoms with E-state index in [0.717, 1.165) is 26.7 Å². The molecule has 2 amide bonds. The summed E-state index contributed by atoms with van der Waals surface area (Å²) in [4.78, 5) is 26.9. The van der Waals surface area contributed by atoms with Gasteiger partial charge < -0.3 is 4.74 Å².